The molecule has 0 unspecified atom stereocenters. The molecule has 7 heteroatoms. The Hall–Kier alpha value is -3.48. The molecule has 2 aromatic rings. The molecule has 0 saturated heterocycles. The standard InChI is InChI=1S/C22H22FNO5/c1-15(25)19(13-16-6-4-3-5-7-16)24-21(26)14-29-22(27)11-9-17-8-10-20(28-2)18(23)12-17/h3-12,19H,13-14H2,1-2H3,(H,24,26)/b11-9+/t19-/m1/s1. The molecular weight excluding hydrogens is 377 g/mol. The van der Waals surface area contributed by atoms with Crippen molar-refractivity contribution in [3.63, 3.8) is 0 Å². The molecule has 6 nitrogen and oxygen atoms in total. The van der Waals surface area contributed by atoms with E-state index in [1.165, 1.54) is 32.2 Å². The lowest BCUT2D eigenvalue weighted by atomic mass is 10.0. The van der Waals surface area contributed by atoms with Crippen LogP contribution >= 0.6 is 0 Å². The molecule has 0 aliphatic heterocycles. The lowest BCUT2D eigenvalue weighted by Gasteiger charge is -2.16. The highest BCUT2D eigenvalue weighted by molar-refractivity contribution is 5.91. The van der Waals surface area contributed by atoms with Gasteiger partial charge in [-0.05, 0) is 42.7 Å². The lowest BCUT2D eigenvalue weighted by Crippen LogP contribution is -2.43. The lowest BCUT2D eigenvalue weighted by molar-refractivity contribution is -0.144. The van der Waals surface area contributed by atoms with Gasteiger partial charge in [0.2, 0.25) is 0 Å². The molecule has 0 aromatic heterocycles. The minimum absolute atomic E-state index is 0.0944. The number of hydrogen-bond acceptors (Lipinski definition) is 5. The third kappa shape index (κ3) is 7.21. The van der Waals surface area contributed by atoms with Crippen LogP contribution < -0.4 is 10.1 Å². The van der Waals surface area contributed by atoms with Gasteiger partial charge < -0.3 is 14.8 Å². The highest BCUT2D eigenvalue weighted by atomic mass is 19.1. The van der Waals surface area contributed by atoms with E-state index in [1.54, 1.807) is 6.07 Å². The van der Waals surface area contributed by atoms with Crippen molar-refractivity contribution in [2.45, 2.75) is 19.4 Å². The molecule has 0 bridgehead atoms. The van der Waals surface area contributed by atoms with Crippen LogP contribution in [0.5, 0.6) is 5.75 Å². The van der Waals surface area contributed by atoms with Gasteiger partial charge in [0.15, 0.2) is 24.0 Å². The molecule has 0 heterocycles. The second-order valence-corrected chi connectivity index (χ2v) is 6.26. The number of esters is 1. The van der Waals surface area contributed by atoms with Gasteiger partial charge in [-0.15, -0.1) is 0 Å². The fourth-order valence-corrected chi connectivity index (χ4v) is 2.52. The van der Waals surface area contributed by atoms with Gasteiger partial charge in [0.25, 0.3) is 5.91 Å². The highest BCUT2D eigenvalue weighted by Gasteiger charge is 2.18. The summed E-state index contributed by atoms with van der Waals surface area (Å²) in [6, 6.07) is 12.8. The van der Waals surface area contributed by atoms with Crippen LogP contribution in [0.2, 0.25) is 0 Å². The van der Waals surface area contributed by atoms with E-state index in [2.05, 4.69) is 5.32 Å². The van der Waals surface area contributed by atoms with Crippen LogP contribution in [-0.2, 0) is 25.5 Å². The minimum atomic E-state index is -0.765. The first kappa shape index (κ1) is 21.8. The Balaban J connectivity index is 1.84. The Kier molecular flexibility index (Phi) is 8.09. The first-order valence-corrected chi connectivity index (χ1v) is 8.91. The number of nitrogens with one attached hydrogen (secondary N) is 1. The van der Waals surface area contributed by atoms with E-state index in [9.17, 15) is 18.8 Å². The summed E-state index contributed by atoms with van der Waals surface area (Å²) in [6.07, 6.45) is 2.79. The van der Waals surface area contributed by atoms with Crippen molar-refractivity contribution in [1.82, 2.24) is 5.32 Å². The smallest absolute Gasteiger partial charge is 0.331 e. The van der Waals surface area contributed by atoms with Crippen molar-refractivity contribution in [2.75, 3.05) is 13.7 Å². The third-order valence-corrected chi connectivity index (χ3v) is 4.04. The number of rotatable bonds is 9. The maximum absolute atomic E-state index is 13.6. The SMILES string of the molecule is COc1ccc(/C=C/C(=O)OCC(=O)N[C@H](Cc2ccccc2)C(C)=O)cc1F. The predicted molar refractivity (Wildman–Crippen MR) is 106 cm³/mol. The van der Waals surface area contributed by atoms with Crippen LogP contribution in [0.25, 0.3) is 6.08 Å². The zero-order chi connectivity index (χ0) is 21.2. The van der Waals surface area contributed by atoms with Gasteiger partial charge in [-0.1, -0.05) is 36.4 Å². The first-order chi connectivity index (χ1) is 13.9. The molecule has 1 atom stereocenters. The monoisotopic (exact) mass is 399 g/mol. The number of amides is 1. The van der Waals surface area contributed by atoms with Crippen molar-refractivity contribution in [1.29, 1.82) is 0 Å². The molecule has 1 N–H and O–H groups in total. The average Bonchev–Trinajstić information content (AvgIpc) is 2.71. The van der Waals surface area contributed by atoms with Gasteiger partial charge in [0.05, 0.1) is 13.2 Å². The van der Waals surface area contributed by atoms with Gasteiger partial charge in [-0.3, -0.25) is 9.59 Å². The molecular formula is C22H22FNO5. The summed E-state index contributed by atoms with van der Waals surface area (Å²) in [7, 11) is 1.35. The molecule has 1 amide bonds. The summed E-state index contributed by atoms with van der Waals surface area (Å²) in [5.41, 5.74) is 1.34. The van der Waals surface area contributed by atoms with E-state index in [0.29, 0.717) is 12.0 Å². The first-order valence-electron chi connectivity index (χ1n) is 8.91. The van der Waals surface area contributed by atoms with Crippen molar-refractivity contribution in [3.05, 3.63) is 71.6 Å². The second kappa shape index (κ2) is 10.8. The van der Waals surface area contributed by atoms with Crippen molar-refractivity contribution in [3.8, 4) is 5.75 Å². The van der Waals surface area contributed by atoms with Gasteiger partial charge >= 0.3 is 5.97 Å². The van der Waals surface area contributed by atoms with Gasteiger partial charge in [-0.2, -0.15) is 0 Å². The number of carbonyl (C=O) groups is 3. The molecule has 2 aromatic carbocycles. The number of hydrogen-bond donors (Lipinski definition) is 1. The van der Waals surface area contributed by atoms with E-state index in [-0.39, 0.29) is 11.5 Å². The van der Waals surface area contributed by atoms with E-state index in [4.69, 9.17) is 9.47 Å². The van der Waals surface area contributed by atoms with Gasteiger partial charge in [0, 0.05) is 6.08 Å². The summed E-state index contributed by atoms with van der Waals surface area (Å²) >= 11 is 0. The van der Waals surface area contributed by atoms with E-state index < -0.39 is 30.3 Å². The number of ketones is 1. The normalized spacial score (nSPS) is 11.7. The van der Waals surface area contributed by atoms with Gasteiger partial charge in [-0.25, -0.2) is 9.18 Å². The number of Topliss-reactive ketones (excluding diaryl/α,β-unsaturated/α-hetero) is 1. The van der Waals surface area contributed by atoms with E-state index in [0.717, 1.165) is 11.6 Å². The van der Waals surface area contributed by atoms with E-state index in [1.807, 2.05) is 30.3 Å². The predicted octanol–water partition coefficient (Wildman–Crippen LogP) is 2.71. The van der Waals surface area contributed by atoms with Crippen molar-refractivity contribution >= 4 is 23.7 Å². The molecule has 0 radical (unpaired) electrons. The van der Waals surface area contributed by atoms with Crippen LogP contribution in [0.3, 0.4) is 0 Å². The maximum atomic E-state index is 13.6. The van der Waals surface area contributed by atoms with Crippen molar-refractivity contribution < 1.29 is 28.2 Å². The number of halogens is 1. The Bertz CT molecular complexity index is 895. The third-order valence-electron chi connectivity index (χ3n) is 4.04. The summed E-state index contributed by atoms with van der Waals surface area (Å²) in [4.78, 5) is 35.6. The highest BCUT2D eigenvalue weighted by Crippen LogP contribution is 2.18. The fourth-order valence-electron chi connectivity index (χ4n) is 2.52. The molecule has 29 heavy (non-hydrogen) atoms. The van der Waals surface area contributed by atoms with Crippen LogP contribution in [-0.4, -0.2) is 37.4 Å². The molecule has 152 valence electrons. The molecule has 0 spiro atoms. The summed E-state index contributed by atoms with van der Waals surface area (Å²) in [6.45, 7) is 0.856. The largest absolute Gasteiger partial charge is 0.494 e. The molecule has 0 aliphatic carbocycles. The minimum Gasteiger partial charge on any atom is -0.494 e. The van der Waals surface area contributed by atoms with Crippen LogP contribution in [0, 0.1) is 5.82 Å². The summed E-state index contributed by atoms with van der Waals surface area (Å²) in [5.74, 6) is -2.01. The molecule has 0 saturated carbocycles. The molecule has 2 rings (SSSR count). The van der Waals surface area contributed by atoms with Crippen LogP contribution in [0.1, 0.15) is 18.1 Å². The quantitative estimate of drug-likeness (QED) is 0.518. The topological polar surface area (TPSA) is 81.7 Å². The maximum Gasteiger partial charge on any atom is 0.331 e. The fraction of sp³-hybridized carbons (Fsp3) is 0.227. The Labute approximate surface area is 168 Å². The van der Waals surface area contributed by atoms with Crippen LogP contribution in [0.4, 0.5) is 4.39 Å². The average molecular weight is 399 g/mol. The van der Waals surface area contributed by atoms with E-state index >= 15 is 0 Å². The second-order valence-electron chi connectivity index (χ2n) is 6.26. The molecule has 0 fully saturated rings. The Morgan fingerprint density at radius 1 is 1.14 bits per heavy atom. The number of methoxy groups -OCH3 is 1. The van der Waals surface area contributed by atoms with Crippen molar-refractivity contribution in [2.24, 2.45) is 0 Å². The number of ether oxygens (including phenoxy) is 2. The van der Waals surface area contributed by atoms with Gasteiger partial charge in [0.1, 0.15) is 0 Å². The number of benzene rings is 2. The summed E-state index contributed by atoms with van der Waals surface area (Å²) in [5, 5.41) is 2.56. The summed E-state index contributed by atoms with van der Waals surface area (Å²) < 4.78 is 23.3. The van der Waals surface area contributed by atoms with Crippen LogP contribution in [0.15, 0.2) is 54.6 Å². The zero-order valence-corrected chi connectivity index (χ0v) is 16.2. The number of carbonyl (C=O) groups excluding carboxylic acids is 3. The Morgan fingerprint density at radius 2 is 1.86 bits per heavy atom. The Morgan fingerprint density at radius 3 is 2.48 bits per heavy atom. The zero-order valence-electron chi connectivity index (χ0n) is 16.2. The molecule has 0 aliphatic rings.